The highest BCUT2D eigenvalue weighted by molar-refractivity contribution is 5.89. The first-order valence-electron chi connectivity index (χ1n) is 13.1. The summed E-state index contributed by atoms with van der Waals surface area (Å²) in [6, 6.07) is 10.7. The summed E-state index contributed by atoms with van der Waals surface area (Å²) in [4.78, 5) is 30.4. The van der Waals surface area contributed by atoms with Crippen molar-refractivity contribution in [2.24, 2.45) is 0 Å². The predicted molar refractivity (Wildman–Crippen MR) is 135 cm³/mol. The van der Waals surface area contributed by atoms with Gasteiger partial charge >= 0.3 is 0 Å². The molecule has 1 saturated carbocycles. The van der Waals surface area contributed by atoms with Gasteiger partial charge in [0.1, 0.15) is 18.3 Å². The van der Waals surface area contributed by atoms with Gasteiger partial charge in [0.05, 0.1) is 6.10 Å². The first kappa shape index (κ1) is 25.1. The lowest BCUT2D eigenvalue weighted by molar-refractivity contribution is -0.143. The highest BCUT2D eigenvalue weighted by atomic mass is 16.5. The molecule has 0 unspecified atom stereocenters. The molecule has 3 heterocycles. The van der Waals surface area contributed by atoms with Crippen LogP contribution in [-0.2, 0) is 20.9 Å². The van der Waals surface area contributed by atoms with Crippen molar-refractivity contribution >= 4 is 11.8 Å². The Kier molecular flexibility index (Phi) is 7.64. The van der Waals surface area contributed by atoms with Gasteiger partial charge in [0.15, 0.2) is 5.76 Å². The fourth-order valence-electron chi connectivity index (χ4n) is 5.11. The zero-order valence-electron chi connectivity index (χ0n) is 21.4. The van der Waals surface area contributed by atoms with Crippen LogP contribution < -0.4 is 5.32 Å². The normalized spacial score (nSPS) is 18.7. The van der Waals surface area contributed by atoms with Crippen LogP contribution in [0.5, 0.6) is 0 Å². The van der Waals surface area contributed by atoms with E-state index in [1.165, 1.54) is 4.80 Å². The van der Waals surface area contributed by atoms with Gasteiger partial charge in [-0.1, -0.05) is 42.7 Å². The van der Waals surface area contributed by atoms with E-state index in [2.05, 4.69) is 20.7 Å². The number of nitrogens with zero attached hydrogens (tertiary/aromatic N) is 5. The molecule has 10 nitrogen and oxygen atoms in total. The third kappa shape index (κ3) is 6.07. The van der Waals surface area contributed by atoms with Crippen molar-refractivity contribution in [2.75, 3.05) is 13.2 Å². The van der Waals surface area contributed by atoms with Gasteiger partial charge in [-0.2, -0.15) is 4.80 Å². The van der Waals surface area contributed by atoms with Crippen molar-refractivity contribution in [2.45, 2.75) is 77.1 Å². The van der Waals surface area contributed by atoms with Crippen molar-refractivity contribution in [1.82, 2.24) is 30.4 Å². The van der Waals surface area contributed by atoms with E-state index in [1.807, 2.05) is 44.2 Å². The molecule has 2 aliphatic rings. The van der Waals surface area contributed by atoms with Crippen LogP contribution in [0.1, 0.15) is 61.5 Å². The molecule has 2 aromatic heterocycles. The summed E-state index contributed by atoms with van der Waals surface area (Å²) in [5, 5.41) is 15.7. The molecule has 0 spiro atoms. The minimum atomic E-state index is -0.784. The number of hydrogen-bond acceptors (Lipinski definition) is 7. The fourth-order valence-corrected chi connectivity index (χ4v) is 5.11. The Morgan fingerprint density at radius 3 is 2.54 bits per heavy atom. The summed E-state index contributed by atoms with van der Waals surface area (Å²) in [5.74, 6) is 1.09. The molecule has 2 amide bonds. The van der Waals surface area contributed by atoms with Gasteiger partial charge < -0.3 is 19.4 Å². The Bertz CT molecular complexity index is 1210. The summed E-state index contributed by atoms with van der Waals surface area (Å²) in [7, 11) is 0. The molecule has 2 atom stereocenters. The highest BCUT2D eigenvalue weighted by Gasteiger charge is 2.35. The summed E-state index contributed by atoms with van der Waals surface area (Å²) < 4.78 is 11.5. The van der Waals surface area contributed by atoms with Gasteiger partial charge in [0, 0.05) is 19.2 Å². The number of ether oxygens (including phenoxy) is 1. The molecule has 1 saturated heterocycles. The van der Waals surface area contributed by atoms with Crippen LogP contribution in [0.2, 0.25) is 0 Å². The number of aromatic nitrogens is 4. The second kappa shape index (κ2) is 11.2. The zero-order valence-corrected chi connectivity index (χ0v) is 21.4. The average Bonchev–Trinajstić information content (AvgIpc) is 3.69. The third-order valence-corrected chi connectivity index (χ3v) is 7.09. The molecule has 1 aromatic carbocycles. The summed E-state index contributed by atoms with van der Waals surface area (Å²) in [6.45, 7) is 4.66. The van der Waals surface area contributed by atoms with Crippen LogP contribution in [-0.4, -0.2) is 62.2 Å². The highest BCUT2D eigenvalue weighted by Crippen LogP contribution is 2.27. The second-order valence-corrected chi connectivity index (χ2v) is 10.0. The second-order valence-electron chi connectivity index (χ2n) is 10.0. The van der Waals surface area contributed by atoms with E-state index in [9.17, 15) is 9.59 Å². The number of aryl methyl sites for hydroxylation is 2. The molecule has 1 aliphatic carbocycles. The van der Waals surface area contributed by atoms with E-state index in [0.717, 1.165) is 55.4 Å². The predicted octanol–water partition coefficient (Wildman–Crippen LogP) is 3.36. The van der Waals surface area contributed by atoms with E-state index in [-0.39, 0.29) is 30.5 Å². The number of hydrogen-bond donors (Lipinski definition) is 1. The number of furan rings is 1. The van der Waals surface area contributed by atoms with E-state index >= 15 is 0 Å². The molecule has 0 radical (unpaired) electrons. The minimum absolute atomic E-state index is 0.124. The zero-order chi connectivity index (χ0) is 25.8. The molecule has 1 aliphatic heterocycles. The topological polar surface area (TPSA) is 115 Å². The minimum Gasteiger partial charge on any atom is -0.458 e. The smallest absolute Gasteiger partial charge is 0.247 e. The van der Waals surface area contributed by atoms with Crippen molar-refractivity contribution in [1.29, 1.82) is 0 Å². The van der Waals surface area contributed by atoms with Gasteiger partial charge in [0.25, 0.3) is 0 Å². The first-order valence-corrected chi connectivity index (χ1v) is 13.1. The van der Waals surface area contributed by atoms with Crippen LogP contribution in [0.4, 0.5) is 0 Å². The molecule has 5 rings (SSSR count). The number of amides is 2. The van der Waals surface area contributed by atoms with Crippen molar-refractivity contribution in [3.8, 4) is 11.6 Å². The number of nitrogens with one attached hydrogen (secondary N) is 1. The van der Waals surface area contributed by atoms with Crippen LogP contribution >= 0.6 is 0 Å². The van der Waals surface area contributed by atoms with Crippen LogP contribution in [0.3, 0.4) is 0 Å². The molecule has 1 N–H and O–H groups in total. The number of rotatable bonds is 9. The molecule has 2 fully saturated rings. The van der Waals surface area contributed by atoms with E-state index < -0.39 is 6.04 Å². The maximum absolute atomic E-state index is 13.8. The van der Waals surface area contributed by atoms with Crippen LogP contribution in [0.15, 0.2) is 40.8 Å². The monoisotopic (exact) mass is 506 g/mol. The largest absolute Gasteiger partial charge is 0.458 e. The molecule has 0 bridgehead atoms. The van der Waals surface area contributed by atoms with Gasteiger partial charge in [-0.05, 0) is 62.4 Å². The van der Waals surface area contributed by atoms with Gasteiger partial charge in [-0.25, -0.2) is 0 Å². The maximum atomic E-state index is 13.8. The standard InChI is InChI=1S/C27H34N6O4/c1-18-9-12-20(13-10-18)25(27(35)28-21-6-3-4-7-21)32(16-22-8-5-15-36-22)24(34)17-33-30-26(29-31-33)23-14-11-19(2)37-23/h9-14,21-22,25H,3-8,15-17H2,1-2H3,(H,28,35)/t22-,25+/m1/s1. The quantitative estimate of drug-likeness (QED) is 0.473. The lowest BCUT2D eigenvalue weighted by atomic mass is 10.0. The fraction of sp³-hybridized carbons (Fsp3) is 0.519. The number of carbonyl (C=O) groups is 2. The van der Waals surface area contributed by atoms with Crippen molar-refractivity contribution < 1.29 is 18.7 Å². The van der Waals surface area contributed by atoms with E-state index in [4.69, 9.17) is 9.15 Å². The summed E-state index contributed by atoms with van der Waals surface area (Å²) in [6.07, 6.45) is 5.79. The summed E-state index contributed by atoms with van der Waals surface area (Å²) in [5.41, 5.74) is 1.86. The van der Waals surface area contributed by atoms with Gasteiger partial charge in [0.2, 0.25) is 17.6 Å². The molecule has 3 aromatic rings. The Balaban J connectivity index is 1.42. The molecule has 196 valence electrons. The maximum Gasteiger partial charge on any atom is 0.247 e. The summed E-state index contributed by atoms with van der Waals surface area (Å²) >= 11 is 0. The lowest BCUT2D eigenvalue weighted by Crippen LogP contribution is -2.49. The van der Waals surface area contributed by atoms with Gasteiger partial charge in [-0.3, -0.25) is 9.59 Å². The number of carbonyl (C=O) groups excluding carboxylic acids is 2. The molecule has 37 heavy (non-hydrogen) atoms. The molecular formula is C27H34N6O4. The Morgan fingerprint density at radius 1 is 1.08 bits per heavy atom. The number of benzene rings is 1. The van der Waals surface area contributed by atoms with E-state index in [0.29, 0.717) is 24.7 Å². The van der Waals surface area contributed by atoms with Crippen LogP contribution in [0.25, 0.3) is 11.6 Å². The van der Waals surface area contributed by atoms with Gasteiger partial charge in [-0.15, -0.1) is 10.2 Å². The molecular weight excluding hydrogens is 472 g/mol. The SMILES string of the molecule is Cc1ccc([C@@H](C(=O)NC2CCCC2)N(C[C@H]2CCCO2)C(=O)Cn2nnc(-c3ccc(C)o3)n2)cc1. The Morgan fingerprint density at radius 2 is 1.86 bits per heavy atom. The van der Waals surface area contributed by atoms with Crippen molar-refractivity contribution in [3.63, 3.8) is 0 Å². The van der Waals surface area contributed by atoms with E-state index in [1.54, 1.807) is 11.0 Å². The third-order valence-electron chi connectivity index (χ3n) is 7.09. The number of tetrazole rings is 1. The van der Waals surface area contributed by atoms with Crippen LogP contribution in [0, 0.1) is 13.8 Å². The Hall–Kier alpha value is -3.53. The first-order chi connectivity index (χ1) is 18.0. The Labute approximate surface area is 216 Å². The van der Waals surface area contributed by atoms with Crippen molar-refractivity contribution in [3.05, 3.63) is 53.3 Å². The average molecular weight is 507 g/mol. The molecule has 10 heteroatoms. The lowest BCUT2D eigenvalue weighted by Gasteiger charge is -2.33.